The van der Waals surface area contributed by atoms with E-state index in [-0.39, 0.29) is 0 Å². The third-order valence-corrected chi connectivity index (χ3v) is 19.6. The largest absolute Gasteiger partial charge is 0.456 e. The van der Waals surface area contributed by atoms with Crippen LogP contribution in [0, 0.1) is 0 Å². The SMILES string of the molecule is c1ccc(-c2nc(-c3ccc4cc(-c5cccc6c5c5ccc7ccccc7c5n6-c5cccc6c5oc5nccc(-c7nc(-c8ccccc8)nc(-c8cccc9oc%10ccccc%10c89)n7)c56)ccc4c3)nc(-c3cc(-c4ccc5ccccc5c4)nc4oc5ccccc5c34)n2)cc1. The molecular weight excluding hydrogens is 1230 g/mol. The molecule has 0 fully saturated rings. The van der Waals surface area contributed by atoms with Crippen LogP contribution in [0.2, 0.25) is 0 Å². The van der Waals surface area contributed by atoms with Gasteiger partial charge in [0, 0.05) is 82.8 Å². The fourth-order valence-electron chi connectivity index (χ4n) is 15.0. The molecule has 0 saturated carbocycles. The molecule has 0 bridgehead atoms. The summed E-state index contributed by atoms with van der Waals surface area (Å²) in [6.45, 7) is 0. The molecule has 0 atom stereocenters. The van der Waals surface area contributed by atoms with Crippen molar-refractivity contribution in [3.63, 3.8) is 0 Å². The summed E-state index contributed by atoms with van der Waals surface area (Å²) >= 11 is 0. The lowest BCUT2D eigenvalue weighted by Gasteiger charge is -2.12. The maximum absolute atomic E-state index is 7.10. The first-order valence-electron chi connectivity index (χ1n) is 33.2. The summed E-state index contributed by atoms with van der Waals surface area (Å²) in [6.07, 6.45) is 1.77. The Balaban J connectivity index is 0.707. The molecule has 100 heavy (non-hydrogen) atoms. The van der Waals surface area contributed by atoms with E-state index >= 15 is 0 Å². The van der Waals surface area contributed by atoms with Gasteiger partial charge in [0.15, 0.2) is 40.5 Å². The Kier molecular flexibility index (Phi) is 12.1. The third-order valence-electron chi connectivity index (χ3n) is 19.6. The minimum atomic E-state index is 0.467. The first-order chi connectivity index (χ1) is 49.5. The summed E-state index contributed by atoms with van der Waals surface area (Å²) in [5.74, 6) is 3.17. The van der Waals surface area contributed by atoms with Gasteiger partial charge in [0.05, 0.1) is 33.2 Å². The van der Waals surface area contributed by atoms with E-state index in [1.165, 1.54) is 0 Å². The number of pyridine rings is 2. The average Bonchev–Trinajstić information content (AvgIpc) is 1.55. The van der Waals surface area contributed by atoms with E-state index in [0.717, 1.165) is 165 Å². The molecule has 0 aliphatic heterocycles. The highest BCUT2D eigenvalue weighted by atomic mass is 16.3. The molecule has 0 saturated heterocycles. The Morgan fingerprint density at radius 3 is 1.56 bits per heavy atom. The van der Waals surface area contributed by atoms with Gasteiger partial charge in [-0.1, -0.05) is 231 Å². The molecule has 12 heteroatoms. The number of para-hydroxylation sites is 3. The molecule has 8 aromatic heterocycles. The first kappa shape index (κ1) is 55.4. The van der Waals surface area contributed by atoms with Crippen LogP contribution in [-0.4, -0.2) is 44.4 Å². The molecule has 0 spiro atoms. The van der Waals surface area contributed by atoms with Crippen LogP contribution in [-0.2, 0) is 0 Å². The second kappa shape index (κ2) is 21.8. The van der Waals surface area contributed by atoms with Gasteiger partial charge in [-0.2, -0.15) is 0 Å². The highest BCUT2D eigenvalue weighted by Gasteiger charge is 2.27. The molecule has 21 aromatic rings. The number of furan rings is 3. The van der Waals surface area contributed by atoms with Crippen LogP contribution in [0.3, 0.4) is 0 Å². The van der Waals surface area contributed by atoms with Crippen molar-refractivity contribution in [3.8, 4) is 96.4 Å². The van der Waals surface area contributed by atoms with Gasteiger partial charge in [0.2, 0.25) is 11.4 Å². The summed E-state index contributed by atoms with van der Waals surface area (Å²) in [5, 5.41) is 14.2. The van der Waals surface area contributed by atoms with E-state index in [4.69, 9.17) is 53.1 Å². The van der Waals surface area contributed by atoms with Crippen LogP contribution >= 0.6 is 0 Å². The van der Waals surface area contributed by atoms with Gasteiger partial charge in [-0.25, -0.2) is 39.9 Å². The third kappa shape index (κ3) is 8.73. The van der Waals surface area contributed by atoms with Crippen molar-refractivity contribution in [3.05, 3.63) is 297 Å². The van der Waals surface area contributed by atoms with E-state index in [2.05, 4.69) is 180 Å². The van der Waals surface area contributed by atoms with Gasteiger partial charge in [-0.3, -0.25) is 0 Å². The molecule has 0 N–H and O–H groups in total. The second-order valence-electron chi connectivity index (χ2n) is 25.3. The molecule has 13 aromatic carbocycles. The van der Waals surface area contributed by atoms with E-state index < -0.39 is 0 Å². The fourth-order valence-corrected chi connectivity index (χ4v) is 15.0. The summed E-state index contributed by atoms with van der Waals surface area (Å²) in [4.78, 5) is 41.8. The molecule has 0 unspecified atom stereocenters. The number of aromatic nitrogens is 9. The Labute approximate surface area is 568 Å². The van der Waals surface area contributed by atoms with Gasteiger partial charge >= 0.3 is 0 Å². The summed E-state index contributed by atoms with van der Waals surface area (Å²) < 4.78 is 22.4. The monoisotopic (exact) mass is 1280 g/mol. The van der Waals surface area contributed by atoms with Crippen molar-refractivity contribution in [2.45, 2.75) is 0 Å². The molecule has 21 rings (SSSR count). The zero-order chi connectivity index (χ0) is 65.5. The predicted octanol–water partition coefficient (Wildman–Crippen LogP) is 22.4. The average molecular weight is 1280 g/mol. The van der Waals surface area contributed by atoms with Crippen molar-refractivity contribution >= 4 is 120 Å². The highest BCUT2D eigenvalue weighted by molar-refractivity contribution is 6.24. The highest BCUT2D eigenvalue weighted by Crippen LogP contribution is 2.47. The normalized spacial score (nSPS) is 12.0. The number of fused-ring (bicyclic) bond motifs is 16. The smallest absolute Gasteiger partial charge is 0.228 e. The number of rotatable bonds is 9. The minimum absolute atomic E-state index is 0.467. The Morgan fingerprint density at radius 2 is 0.780 bits per heavy atom. The van der Waals surface area contributed by atoms with Crippen LogP contribution in [0.25, 0.3) is 217 Å². The van der Waals surface area contributed by atoms with Crippen LogP contribution in [0.1, 0.15) is 0 Å². The lowest BCUT2D eigenvalue weighted by atomic mass is 9.96. The Hall–Kier alpha value is -13.8. The van der Waals surface area contributed by atoms with Crippen molar-refractivity contribution in [2.24, 2.45) is 0 Å². The van der Waals surface area contributed by atoms with Gasteiger partial charge in [0.25, 0.3) is 0 Å². The van der Waals surface area contributed by atoms with Crippen molar-refractivity contribution < 1.29 is 13.3 Å². The number of hydrogen-bond donors (Lipinski definition) is 0. The van der Waals surface area contributed by atoms with Crippen LogP contribution < -0.4 is 0 Å². The standard InChI is InChI=1S/C88H49N9O3/c1-3-20-52(21-4-1)81-91-83(95-86(94-81)68-49-69(58-40-36-50-18-7-8-24-54(50)47-58)90-88-77(68)63-27-12-14-34-73(63)99-88)59-41-38-55-46-57(39-37-56(55)48-59)60-28-15-31-70-75(60)64-43-42-51-19-9-10-25-61(51)79(64)97(70)71-32-16-29-65-78-67(44-45-89-87(78)100-80(65)71)85-93-82(53-22-5-2-6-23-53)92-84(96-85)66-30-17-35-74-76(66)62-26-11-13-33-72(62)98-74/h1-49H. The summed E-state index contributed by atoms with van der Waals surface area (Å²) in [6, 6.07) is 100. The van der Waals surface area contributed by atoms with Crippen LogP contribution in [0.5, 0.6) is 0 Å². The van der Waals surface area contributed by atoms with Gasteiger partial charge in [0.1, 0.15) is 16.7 Å². The lowest BCUT2D eigenvalue weighted by molar-refractivity contribution is 0.652. The molecule has 0 aliphatic rings. The van der Waals surface area contributed by atoms with Crippen molar-refractivity contribution in [1.82, 2.24) is 44.4 Å². The molecule has 12 nitrogen and oxygen atoms in total. The molecule has 0 aliphatic carbocycles. The summed E-state index contributed by atoms with van der Waals surface area (Å²) in [5.41, 5.74) is 15.8. The summed E-state index contributed by atoms with van der Waals surface area (Å²) in [7, 11) is 0. The number of hydrogen-bond acceptors (Lipinski definition) is 11. The Morgan fingerprint density at radius 1 is 0.260 bits per heavy atom. The minimum Gasteiger partial charge on any atom is -0.456 e. The lowest BCUT2D eigenvalue weighted by Crippen LogP contribution is -2.01. The van der Waals surface area contributed by atoms with E-state index in [1.54, 1.807) is 6.20 Å². The van der Waals surface area contributed by atoms with Crippen LogP contribution in [0.15, 0.2) is 311 Å². The fraction of sp³-hybridized carbons (Fsp3) is 0. The van der Waals surface area contributed by atoms with Crippen LogP contribution in [0.4, 0.5) is 0 Å². The second-order valence-corrected chi connectivity index (χ2v) is 25.3. The maximum Gasteiger partial charge on any atom is 0.228 e. The quantitative estimate of drug-likeness (QED) is 0.136. The van der Waals surface area contributed by atoms with Crippen molar-refractivity contribution in [2.75, 3.05) is 0 Å². The maximum atomic E-state index is 7.10. The van der Waals surface area contributed by atoms with Crippen molar-refractivity contribution in [1.29, 1.82) is 0 Å². The molecule has 8 heterocycles. The van der Waals surface area contributed by atoms with E-state index in [0.29, 0.717) is 52.0 Å². The molecule has 0 radical (unpaired) electrons. The first-order valence-corrected chi connectivity index (χ1v) is 33.2. The van der Waals surface area contributed by atoms with Gasteiger partial charge < -0.3 is 17.8 Å². The Bertz CT molecular complexity index is 6990. The topological polar surface area (TPSA) is 147 Å². The van der Waals surface area contributed by atoms with E-state index in [1.807, 2.05) is 115 Å². The van der Waals surface area contributed by atoms with E-state index in [9.17, 15) is 0 Å². The predicted molar refractivity (Wildman–Crippen MR) is 401 cm³/mol. The molecule has 0 amide bonds. The molecule has 464 valence electrons. The number of nitrogens with zero attached hydrogens (tertiary/aromatic N) is 9. The number of benzene rings is 13. The molecular formula is C88H49N9O3. The zero-order valence-electron chi connectivity index (χ0n) is 53.0. The zero-order valence-corrected chi connectivity index (χ0v) is 53.0. The van der Waals surface area contributed by atoms with Gasteiger partial charge in [-0.05, 0) is 98.7 Å². The van der Waals surface area contributed by atoms with Gasteiger partial charge in [-0.15, -0.1) is 0 Å².